The summed E-state index contributed by atoms with van der Waals surface area (Å²) in [5.74, 6) is 0.482. The third-order valence-corrected chi connectivity index (χ3v) is 14.8. The molecule has 0 aliphatic rings. The SMILES string of the molecule is [C-]#[N+]c1cc(-c2ccc(-c3cc(-c4ccc(C#N)cc4)nc(-c4ccc(C#N)cc4)n3)cc2)c(C#N)cc1-n1c2ccc(-n3c4ccccc4c4ccccc43)cc2c2cc(-n3c4ccccc4c4ccccc43)ccc21. The van der Waals surface area contributed by atoms with Gasteiger partial charge in [0.25, 0.3) is 0 Å². The molecule has 9 heteroatoms. The van der Waals surface area contributed by atoms with Crippen molar-refractivity contribution in [1.82, 2.24) is 23.7 Å². The molecule has 4 aromatic heterocycles. The zero-order chi connectivity index (χ0) is 51.7. The number of hydrogen-bond acceptors (Lipinski definition) is 5. The molecule has 9 nitrogen and oxygen atoms in total. The van der Waals surface area contributed by atoms with Gasteiger partial charge in [-0.2, -0.15) is 15.8 Å². The van der Waals surface area contributed by atoms with Crippen LogP contribution in [0.25, 0.3) is 132 Å². The Hall–Kier alpha value is -11.4. The maximum atomic E-state index is 11.0. The molecule has 0 radical (unpaired) electrons. The lowest BCUT2D eigenvalue weighted by Crippen LogP contribution is -1.98. The van der Waals surface area contributed by atoms with Crippen LogP contribution in [-0.4, -0.2) is 23.7 Å². The van der Waals surface area contributed by atoms with Crippen molar-refractivity contribution in [2.45, 2.75) is 0 Å². The van der Waals surface area contributed by atoms with Crippen molar-refractivity contribution in [2.24, 2.45) is 0 Å². The molecule has 0 amide bonds. The molecule has 77 heavy (non-hydrogen) atoms. The van der Waals surface area contributed by atoms with E-state index < -0.39 is 0 Å². The van der Waals surface area contributed by atoms with Gasteiger partial charge in [0.05, 0.1) is 91.6 Å². The van der Waals surface area contributed by atoms with Crippen LogP contribution in [0.4, 0.5) is 5.69 Å². The molecule has 0 aliphatic heterocycles. The van der Waals surface area contributed by atoms with Crippen LogP contribution < -0.4 is 0 Å². The van der Waals surface area contributed by atoms with E-state index in [4.69, 9.17) is 16.5 Å². The van der Waals surface area contributed by atoms with Gasteiger partial charge in [-0.1, -0.05) is 109 Å². The summed E-state index contributed by atoms with van der Waals surface area (Å²) in [4.78, 5) is 14.1. The Morgan fingerprint density at radius 3 is 1.19 bits per heavy atom. The zero-order valence-corrected chi connectivity index (χ0v) is 40.9. The molecule has 0 bridgehead atoms. The Morgan fingerprint density at radius 1 is 0.364 bits per heavy atom. The molecular formula is C68H37N9. The number of para-hydroxylation sites is 4. The van der Waals surface area contributed by atoms with Crippen molar-refractivity contribution in [3.63, 3.8) is 0 Å². The molecule has 0 fully saturated rings. The molecule has 0 N–H and O–H groups in total. The predicted octanol–water partition coefficient (Wildman–Crippen LogP) is 16.6. The maximum absolute atomic E-state index is 11.0. The predicted molar refractivity (Wildman–Crippen MR) is 307 cm³/mol. The largest absolute Gasteiger partial charge is 0.319 e. The minimum atomic E-state index is 0.398. The molecule has 0 atom stereocenters. The highest BCUT2D eigenvalue weighted by Gasteiger charge is 2.22. The van der Waals surface area contributed by atoms with Crippen LogP contribution >= 0.6 is 0 Å². The van der Waals surface area contributed by atoms with Gasteiger partial charge in [-0.25, -0.2) is 14.8 Å². The summed E-state index contributed by atoms with van der Waals surface area (Å²) in [5, 5.41) is 36.6. The van der Waals surface area contributed by atoms with Crippen molar-refractivity contribution in [1.29, 1.82) is 15.8 Å². The highest BCUT2D eigenvalue weighted by molar-refractivity contribution is 6.14. The fourth-order valence-electron chi connectivity index (χ4n) is 11.2. The molecule has 354 valence electrons. The van der Waals surface area contributed by atoms with Gasteiger partial charge in [0.15, 0.2) is 5.82 Å². The Bertz CT molecular complexity index is 4600. The van der Waals surface area contributed by atoms with Gasteiger partial charge >= 0.3 is 0 Å². The number of fused-ring (bicyclic) bond motifs is 9. The summed E-state index contributed by atoms with van der Waals surface area (Å²) in [6, 6.07) is 81.9. The van der Waals surface area contributed by atoms with Gasteiger partial charge in [-0.05, 0) is 126 Å². The van der Waals surface area contributed by atoms with E-state index in [0.717, 1.165) is 77.5 Å². The minimum Gasteiger partial charge on any atom is -0.319 e. The van der Waals surface area contributed by atoms with Crippen LogP contribution in [0.2, 0.25) is 0 Å². The van der Waals surface area contributed by atoms with Crippen molar-refractivity contribution in [3.8, 4) is 80.3 Å². The first-order valence-corrected chi connectivity index (χ1v) is 25.0. The van der Waals surface area contributed by atoms with Gasteiger partial charge in [0.1, 0.15) is 0 Å². The highest BCUT2D eigenvalue weighted by Crippen LogP contribution is 2.43. The molecule has 0 spiro atoms. The van der Waals surface area contributed by atoms with Crippen molar-refractivity contribution in [3.05, 3.63) is 253 Å². The zero-order valence-electron chi connectivity index (χ0n) is 40.9. The van der Waals surface area contributed by atoms with Crippen molar-refractivity contribution in [2.75, 3.05) is 0 Å². The van der Waals surface area contributed by atoms with E-state index in [1.165, 1.54) is 21.5 Å². The summed E-state index contributed by atoms with van der Waals surface area (Å²) >= 11 is 0. The van der Waals surface area contributed by atoms with E-state index in [0.29, 0.717) is 50.8 Å². The van der Waals surface area contributed by atoms with Crippen molar-refractivity contribution >= 4 is 71.1 Å². The third kappa shape index (κ3) is 7.13. The normalized spacial score (nSPS) is 11.3. The minimum absolute atomic E-state index is 0.398. The summed E-state index contributed by atoms with van der Waals surface area (Å²) < 4.78 is 6.80. The molecule has 0 saturated heterocycles. The lowest BCUT2D eigenvalue weighted by atomic mass is 9.96. The van der Waals surface area contributed by atoms with Crippen LogP contribution in [0.5, 0.6) is 0 Å². The summed E-state index contributed by atoms with van der Waals surface area (Å²) in [6.07, 6.45) is 0. The van der Waals surface area contributed by atoms with Gasteiger partial charge in [-0.15, -0.1) is 0 Å². The first-order chi connectivity index (χ1) is 38.0. The van der Waals surface area contributed by atoms with Gasteiger partial charge in [0, 0.05) is 60.4 Å². The lowest BCUT2D eigenvalue weighted by Gasteiger charge is -2.15. The van der Waals surface area contributed by atoms with E-state index >= 15 is 0 Å². The van der Waals surface area contributed by atoms with Crippen LogP contribution in [0.1, 0.15) is 16.7 Å². The standard InChI is InChI=1S/C68H37N9/c1-72-60-37-55(44-26-28-46(29-27-44)59-38-58(45-22-18-42(39-69)19-23-45)73-68(74-59)47-24-20-43(40-70)21-25-47)48(41-71)34-67(60)77-65-32-30-49(75-61-14-6-2-10-51(61)52-11-3-7-15-62(52)75)35-56(65)57-36-50(31-33-66(57)77)76-63-16-8-4-12-53(63)54-13-5-9-17-64(54)76/h2-38H. The third-order valence-electron chi connectivity index (χ3n) is 14.8. The Labute approximate surface area is 441 Å². The number of rotatable bonds is 7. The Balaban J connectivity index is 0.925. The molecular weight excluding hydrogens is 943 g/mol. The maximum Gasteiger partial charge on any atom is 0.211 e. The Kier molecular flexibility index (Phi) is 10.2. The molecule has 14 aromatic rings. The molecule has 10 aromatic carbocycles. The quantitative estimate of drug-likeness (QED) is 0.147. The van der Waals surface area contributed by atoms with E-state index in [2.05, 4.69) is 170 Å². The van der Waals surface area contributed by atoms with E-state index in [1.54, 1.807) is 24.3 Å². The van der Waals surface area contributed by atoms with Crippen LogP contribution in [0.15, 0.2) is 224 Å². The first-order valence-electron chi connectivity index (χ1n) is 25.0. The number of aromatic nitrogens is 5. The molecule has 4 heterocycles. The molecule has 14 rings (SSSR count). The van der Waals surface area contributed by atoms with Crippen LogP contribution in [0, 0.1) is 40.6 Å². The average molecular weight is 980 g/mol. The fraction of sp³-hybridized carbons (Fsp3) is 0. The molecule has 0 saturated carbocycles. The number of hydrogen-bond donors (Lipinski definition) is 0. The molecule has 0 unspecified atom stereocenters. The number of nitriles is 3. The second-order valence-corrected chi connectivity index (χ2v) is 19.0. The number of nitrogens with zero attached hydrogens (tertiary/aromatic N) is 9. The van der Waals surface area contributed by atoms with E-state index in [1.807, 2.05) is 66.7 Å². The lowest BCUT2D eigenvalue weighted by molar-refractivity contribution is 1.16. The highest BCUT2D eigenvalue weighted by atomic mass is 15.0. The second-order valence-electron chi connectivity index (χ2n) is 19.0. The van der Waals surface area contributed by atoms with Crippen LogP contribution in [0.3, 0.4) is 0 Å². The van der Waals surface area contributed by atoms with Crippen molar-refractivity contribution < 1.29 is 0 Å². The topological polar surface area (TPSA) is 116 Å². The fourth-order valence-corrected chi connectivity index (χ4v) is 11.2. The summed E-state index contributed by atoms with van der Waals surface area (Å²) in [5.41, 5.74) is 15.9. The smallest absolute Gasteiger partial charge is 0.211 e. The monoisotopic (exact) mass is 979 g/mol. The average Bonchev–Trinajstić information content (AvgIpc) is 4.24. The first kappa shape index (κ1) is 44.3. The second kappa shape index (κ2) is 17.7. The van der Waals surface area contributed by atoms with Crippen LogP contribution in [-0.2, 0) is 0 Å². The number of benzene rings is 10. The Morgan fingerprint density at radius 2 is 0.766 bits per heavy atom. The van der Waals surface area contributed by atoms with Gasteiger partial charge in [0.2, 0.25) is 5.69 Å². The summed E-state index contributed by atoms with van der Waals surface area (Å²) in [6.45, 7) is 8.70. The van der Waals surface area contributed by atoms with E-state index in [-0.39, 0.29) is 0 Å². The molecule has 0 aliphatic carbocycles. The van der Waals surface area contributed by atoms with Gasteiger partial charge < -0.3 is 13.7 Å². The van der Waals surface area contributed by atoms with E-state index in [9.17, 15) is 15.8 Å². The van der Waals surface area contributed by atoms with Gasteiger partial charge in [-0.3, -0.25) is 0 Å². The summed E-state index contributed by atoms with van der Waals surface area (Å²) in [7, 11) is 0.